The Bertz CT molecular complexity index is 575. The molecule has 0 atom stereocenters. The molecule has 21 heavy (non-hydrogen) atoms. The van der Waals surface area contributed by atoms with Gasteiger partial charge in [-0.1, -0.05) is 34.1 Å². The van der Waals surface area contributed by atoms with Gasteiger partial charge in [-0.15, -0.1) is 11.3 Å². The fourth-order valence-corrected chi connectivity index (χ4v) is 3.40. The van der Waals surface area contributed by atoms with Crippen LogP contribution < -0.4 is 5.32 Å². The van der Waals surface area contributed by atoms with Crippen molar-refractivity contribution < 1.29 is 0 Å². The number of nitrogens with one attached hydrogen (secondary N) is 1. The summed E-state index contributed by atoms with van der Waals surface area (Å²) in [7, 11) is 0. The van der Waals surface area contributed by atoms with Gasteiger partial charge in [0.05, 0.1) is 5.69 Å². The van der Waals surface area contributed by atoms with Gasteiger partial charge in [-0.25, -0.2) is 4.98 Å². The van der Waals surface area contributed by atoms with Crippen molar-refractivity contribution in [3.63, 3.8) is 0 Å². The van der Waals surface area contributed by atoms with Gasteiger partial charge in [0.2, 0.25) is 0 Å². The lowest BCUT2D eigenvalue weighted by atomic mass is 10.1. The molecule has 114 valence electrons. The summed E-state index contributed by atoms with van der Waals surface area (Å²) in [6.45, 7) is 9.65. The largest absolute Gasteiger partial charge is 0.310 e. The van der Waals surface area contributed by atoms with E-state index in [0.29, 0.717) is 6.04 Å². The van der Waals surface area contributed by atoms with Crippen LogP contribution in [0.3, 0.4) is 0 Å². The van der Waals surface area contributed by atoms with Crippen LogP contribution in [0.25, 0.3) is 10.6 Å². The van der Waals surface area contributed by atoms with Gasteiger partial charge in [0.1, 0.15) is 5.01 Å². The molecule has 3 nitrogen and oxygen atoms in total. The minimum atomic E-state index is 0.497. The van der Waals surface area contributed by atoms with E-state index < -0.39 is 0 Å². The van der Waals surface area contributed by atoms with Crippen LogP contribution >= 0.6 is 11.3 Å². The summed E-state index contributed by atoms with van der Waals surface area (Å²) in [4.78, 5) is 10.5. The van der Waals surface area contributed by atoms with Gasteiger partial charge in [0.15, 0.2) is 0 Å². The Balaban J connectivity index is 2.33. The highest BCUT2D eigenvalue weighted by atomic mass is 32.1. The number of aromatic nitrogens is 2. The molecule has 0 unspecified atom stereocenters. The highest BCUT2D eigenvalue weighted by molar-refractivity contribution is 7.15. The normalized spacial score (nSPS) is 11.3. The van der Waals surface area contributed by atoms with E-state index in [-0.39, 0.29) is 0 Å². The van der Waals surface area contributed by atoms with Gasteiger partial charge in [-0.3, -0.25) is 4.98 Å². The lowest BCUT2D eigenvalue weighted by Crippen LogP contribution is -2.21. The zero-order valence-corrected chi connectivity index (χ0v) is 14.3. The average Bonchev–Trinajstić information content (AvgIpc) is 2.88. The fraction of sp³-hybridized carbons (Fsp3) is 0.529. The van der Waals surface area contributed by atoms with Crippen LogP contribution in [-0.2, 0) is 19.4 Å². The van der Waals surface area contributed by atoms with Crippen molar-refractivity contribution in [2.24, 2.45) is 0 Å². The van der Waals surface area contributed by atoms with Gasteiger partial charge < -0.3 is 5.32 Å². The Labute approximate surface area is 131 Å². The fourth-order valence-electron chi connectivity index (χ4n) is 2.28. The molecule has 0 aromatic carbocycles. The molecule has 0 aliphatic carbocycles. The summed E-state index contributed by atoms with van der Waals surface area (Å²) in [6.07, 6.45) is 7.00. The Kier molecular flexibility index (Phi) is 5.88. The second kappa shape index (κ2) is 7.66. The van der Waals surface area contributed by atoms with Crippen molar-refractivity contribution in [2.75, 3.05) is 0 Å². The number of rotatable bonds is 7. The number of thiazole rings is 1. The summed E-state index contributed by atoms with van der Waals surface area (Å²) >= 11 is 1.82. The molecule has 4 heteroatoms. The third-order valence-electron chi connectivity index (χ3n) is 3.45. The maximum atomic E-state index is 4.91. The molecule has 2 heterocycles. The lowest BCUT2D eigenvalue weighted by molar-refractivity contribution is 0.589. The van der Waals surface area contributed by atoms with E-state index in [1.807, 2.05) is 23.7 Å². The second-order valence-corrected chi connectivity index (χ2v) is 6.64. The highest BCUT2D eigenvalue weighted by Crippen LogP contribution is 2.31. The molecule has 0 bridgehead atoms. The van der Waals surface area contributed by atoms with Gasteiger partial charge in [-0.2, -0.15) is 0 Å². The van der Waals surface area contributed by atoms with Crippen LogP contribution in [0.2, 0.25) is 0 Å². The molecule has 0 spiro atoms. The monoisotopic (exact) mass is 303 g/mol. The van der Waals surface area contributed by atoms with Crippen molar-refractivity contribution in [1.29, 1.82) is 0 Å². The molecular formula is C17H25N3S. The van der Waals surface area contributed by atoms with Gasteiger partial charge in [-0.05, 0) is 24.5 Å². The first-order valence-electron chi connectivity index (χ1n) is 7.80. The number of hydrogen-bond donors (Lipinski definition) is 1. The molecule has 0 saturated heterocycles. The quantitative estimate of drug-likeness (QED) is 0.832. The summed E-state index contributed by atoms with van der Waals surface area (Å²) in [5.41, 5.74) is 3.77. The number of pyridine rings is 1. The van der Waals surface area contributed by atoms with Gasteiger partial charge >= 0.3 is 0 Å². The Morgan fingerprint density at radius 2 is 2.10 bits per heavy atom. The zero-order valence-electron chi connectivity index (χ0n) is 13.4. The number of nitrogens with zero attached hydrogens (tertiary/aromatic N) is 2. The third kappa shape index (κ3) is 4.11. The minimum absolute atomic E-state index is 0.497. The van der Waals surface area contributed by atoms with Crippen molar-refractivity contribution in [2.45, 2.75) is 59.5 Å². The van der Waals surface area contributed by atoms with Crippen LogP contribution in [0.5, 0.6) is 0 Å². The van der Waals surface area contributed by atoms with Crippen molar-refractivity contribution in [3.8, 4) is 10.6 Å². The maximum absolute atomic E-state index is 4.91. The topological polar surface area (TPSA) is 37.8 Å². The second-order valence-electron chi connectivity index (χ2n) is 5.56. The molecule has 0 radical (unpaired) electrons. The highest BCUT2D eigenvalue weighted by Gasteiger charge is 2.14. The van der Waals surface area contributed by atoms with Crippen LogP contribution in [0, 0.1) is 0 Å². The van der Waals surface area contributed by atoms with E-state index in [9.17, 15) is 0 Å². The summed E-state index contributed by atoms with van der Waals surface area (Å²) in [6, 6.07) is 2.59. The first-order chi connectivity index (χ1) is 10.2. The van der Waals surface area contributed by atoms with Crippen molar-refractivity contribution in [3.05, 3.63) is 34.6 Å². The van der Waals surface area contributed by atoms with E-state index in [4.69, 9.17) is 4.98 Å². The molecule has 2 rings (SSSR count). The zero-order chi connectivity index (χ0) is 15.2. The van der Waals surface area contributed by atoms with Crippen molar-refractivity contribution >= 4 is 11.3 Å². The number of aryl methyl sites for hydroxylation is 2. The maximum Gasteiger partial charge on any atom is 0.124 e. The van der Waals surface area contributed by atoms with Gasteiger partial charge in [0, 0.05) is 35.4 Å². The smallest absolute Gasteiger partial charge is 0.124 e. The molecule has 0 saturated carbocycles. The average molecular weight is 303 g/mol. The summed E-state index contributed by atoms with van der Waals surface area (Å²) in [5, 5.41) is 4.65. The molecule has 0 aliphatic rings. The molecule has 2 aromatic heterocycles. The lowest BCUT2D eigenvalue weighted by Gasteiger charge is -2.07. The predicted molar refractivity (Wildman–Crippen MR) is 90.7 cm³/mol. The van der Waals surface area contributed by atoms with Crippen LogP contribution in [0.1, 0.15) is 50.3 Å². The Hall–Kier alpha value is -1.26. The summed E-state index contributed by atoms with van der Waals surface area (Å²) in [5.74, 6) is 0. The Morgan fingerprint density at radius 3 is 2.76 bits per heavy atom. The van der Waals surface area contributed by atoms with Crippen LogP contribution in [0.15, 0.2) is 18.5 Å². The van der Waals surface area contributed by atoms with Crippen LogP contribution in [0.4, 0.5) is 0 Å². The minimum Gasteiger partial charge on any atom is -0.310 e. The molecule has 1 N–H and O–H groups in total. The Morgan fingerprint density at radius 1 is 1.29 bits per heavy atom. The SMILES string of the molecule is CCCc1nc(-c2ccncc2CC)sc1CNC(C)C. The van der Waals surface area contributed by atoms with E-state index >= 15 is 0 Å². The number of hydrogen-bond acceptors (Lipinski definition) is 4. The molecule has 0 amide bonds. The van der Waals surface area contributed by atoms with Crippen LogP contribution in [-0.4, -0.2) is 16.0 Å². The third-order valence-corrected chi connectivity index (χ3v) is 4.58. The molecule has 0 fully saturated rings. The van der Waals surface area contributed by atoms with E-state index in [1.165, 1.54) is 21.7 Å². The van der Waals surface area contributed by atoms with E-state index in [1.54, 1.807) is 0 Å². The predicted octanol–water partition coefficient (Wildman–Crippen LogP) is 4.22. The molecule has 2 aromatic rings. The van der Waals surface area contributed by atoms with Gasteiger partial charge in [0.25, 0.3) is 0 Å². The van der Waals surface area contributed by atoms with E-state index in [0.717, 1.165) is 30.8 Å². The molecular weight excluding hydrogens is 278 g/mol. The van der Waals surface area contributed by atoms with Crippen molar-refractivity contribution in [1.82, 2.24) is 15.3 Å². The molecule has 0 aliphatic heterocycles. The first-order valence-corrected chi connectivity index (χ1v) is 8.62. The summed E-state index contributed by atoms with van der Waals surface area (Å²) < 4.78 is 0. The standard InChI is InChI=1S/C17H25N3S/c1-5-7-15-16(11-19-12(3)4)21-17(20-15)14-8-9-18-10-13(14)6-2/h8-10,12,19H,5-7,11H2,1-4H3. The van der Waals surface area contributed by atoms with E-state index in [2.05, 4.69) is 44.1 Å². The first kappa shape index (κ1) is 16.1.